The van der Waals surface area contributed by atoms with Crippen LogP contribution in [-0.4, -0.2) is 29.0 Å². The van der Waals surface area contributed by atoms with Crippen LogP contribution in [0.1, 0.15) is 66.6 Å². The minimum atomic E-state index is -0.0560. The Morgan fingerprint density at radius 3 is 2.59 bits per heavy atom. The molecule has 0 spiro atoms. The quantitative estimate of drug-likeness (QED) is 0.828. The van der Waals surface area contributed by atoms with Crippen molar-refractivity contribution < 1.29 is 9.53 Å². The lowest BCUT2D eigenvalue weighted by molar-refractivity contribution is 0.0908. The van der Waals surface area contributed by atoms with Crippen molar-refractivity contribution >= 4 is 5.91 Å². The van der Waals surface area contributed by atoms with Crippen LogP contribution >= 0.6 is 0 Å². The van der Waals surface area contributed by atoms with E-state index in [-0.39, 0.29) is 11.9 Å². The van der Waals surface area contributed by atoms with Crippen molar-refractivity contribution in [2.75, 3.05) is 7.11 Å². The average Bonchev–Trinajstić information content (AvgIpc) is 2.72. The van der Waals surface area contributed by atoms with Crippen LogP contribution in [0.2, 0.25) is 0 Å². The standard InChI is InChI=1S/C22H29N3O2/c1-4-19(25-22(26)18-9-10-21(27-3)24-14-18)16-5-7-17(8-6-16)20-13-15(2)11-12-23-20/h9-14,16-17,19H,4-8H2,1-3H3,(H,25,26)/t16-,17+,19?. The van der Waals surface area contributed by atoms with Crippen molar-refractivity contribution in [3.63, 3.8) is 0 Å². The number of rotatable bonds is 6. The van der Waals surface area contributed by atoms with Gasteiger partial charge in [-0.15, -0.1) is 0 Å². The summed E-state index contributed by atoms with van der Waals surface area (Å²) >= 11 is 0. The zero-order valence-corrected chi connectivity index (χ0v) is 16.4. The fraction of sp³-hybridized carbons (Fsp3) is 0.500. The van der Waals surface area contributed by atoms with E-state index in [2.05, 4.69) is 35.2 Å². The molecule has 1 unspecified atom stereocenters. The first kappa shape index (κ1) is 19.3. The smallest absolute Gasteiger partial charge is 0.253 e. The van der Waals surface area contributed by atoms with Crippen molar-refractivity contribution in [1.29, 1.82) is 0 Å². The Bertz CT molecular complexity index is 752. The molecule has 5 heteroatoms. The third kappa shape index (κ3) is 4.85. The summed E-state index contributed by atoms with van der Waals surface area (Å²) in [5.41, 5.74) is 3.07. The minimum absolute atomic E-state index is 0.0560. The van der Waals surface area contributed by atoms with Gasteiger partial charge in [0.15, 0.2) is 0 Å². The Labute approximate surface area is 161 Å². The van der Waals surface area contributed by atoms with E-state index < -0.39 is 0 Å². The maximum atomic E-state index is 12.6. The molecule has 0 saturated heterocycles. The Balaban J connectivity index is 1.57. The van der Waals surface area contributed by atoms with Gasteiger partial charge in [0.1, 0.15) is 0 Å². The summed E-state index contributed by atoms with van der Waals surface area (Å²) in [6, 6.07) is 7.93. The molecule has 1 aliphatic rings. The molecule has 2 heterocycles. The number of carbonyl (C=O) groups excluding carboxylic acids is 1. The Kier molecular flexibility index (Phi) is 6.43. The highest BCUT2D eigenvalue weighted by Gasteiger charge is 2.29. The van der Waals surface area contributed by atoms with E-state index in [1.54, 1.807) is 25.4 Å². The minimum Gasteiger partial charge on any atom is -0.481 e. The number of pyridine rings is 2. The van der Waals surface area contributed by atoms with Crippen LogP contribution in [0.3, 0.4) is 0 Å². The number of aromatic nitrogens is 2. The molecular formula is C22H29N3O2. The molecule has 0 bridgehead atoms. The van der Waals surface area contributed by atoms with Crippen LogP contribution in [-0.2, 0) is 0 Å². The van der Waals surface area contributed by atoms with E-state index in [0.29, 0.717) is 23.3 Å². The lowest BCUT2D eigenvalue weighted by Gasteiger charge is -2.34. The number of carbonyl (C=O) groups is 1. The number of hydrogen-bond donors (Lipinski definition) is 1. The highest BCUT2D eigenvalue weighted by molar-refractivity contribution is 5.94. The summed E-state index contributed by atoms with van der Waals surface area (Å²) in [6.45, 7) is 4.26. The van der Waals surface area contributed by atoms with Crippen molar-refractivity contribution in [3.05, 3.63) is 53.5 Å². The number of aryl methyl sites for hydroxylation is 1. The van der Waals surface area contributed by atoms with Gasteiger partial charge in [0.2, 0.25) is 5.88 Å². The lowest BCUT2D eigenvalue weighted by atomic mass is 9.76. The molecule has 1 fully saturated rings. The largest absolute Gasteiger partial charge is 0.481 e. The second kappa shape index (κ2) is 8.98. The molecular weight excluding hydrogens is 338 g/mol. The Hall–Kier alpha value is -2.43. The van der Waals surface area contributed by atoms with Crippen LogP contribution in [0.15, 0.2) is 36.7 Å². The summed E-state index contributed by atoms with van der Waals surface area (Å²) in [6.07, 6.45) is 8.94. The summed E-state index contributed by atoms with van der Waals surface area (Å²) in [5, 5.41) is 3.22. The topological polar surface area (TPSA) is 64.1 Å². The fourth-order valence-corrected chi connectivity index (χ4v) is 4.04. The number of nitrogens with zero attached hydrogens (tertiary/aromatic N) is 2. The van der Waals surface area contributed by atoms with E-state index in [4.69, 9.17) is 4.74 Å². The monoisotopic (exact) mass is 367 g/mol. The fourth-order valence-electron chi connectivity index (χ4n) is 4.04. The molecule has 0 aliphatic heterocycles. The van der Waals surface area contributed by atoms with E-state index in [0.717, 1.165) is 32.1 Å². The first-order chi connectivity index (χ1) is 13.1. The average molecular weight is 367 g/mol. The highest BCUT2D eigenvalue weighted by Crippen LogP contribution is 2.37. The molecule has 1 N–H and O–H groups in total. The van der Waals surface area contributed by atoms with Crippen LogP contribution < -0.4 is 10.1 Å². The van der Waals surface area contributed by atoms with Crippen LogP contribution in [0.4, 0.5) is 0 Å². The van der Waals surface area contributed by atoms with Crippen LogP contribution in [0.25, 0.3) is 0 Å². The molecule has 2 aromatic heterocycles. The summed E-state index contributed by atoms with van der Waals surface area (Å²) in [4.78, 5) is 21.3. The molecule has 1 atom stereocenters. The molecule has 0 aromatic carbocycles. The van der Waals surface area contributed by atoms with Gasteiger partial charge < -0.3 is 10.1 Å². The first-order valence-corrected chi connectivity index (χ1v) is 9.84. The van der Waals surface area contributed by atoms with Gasteiger partial charge in [0, 0.05) is 36.1 Å². The molecule has 5 nitrogen and oxygen atoms in total. The van der Waals surface area contributed by atoms with Crippen molar-refractivity contribution in [3.8, 4) is 5.88 Å². The summed E-state index contributed by atoms with van der Waals surface area (Å²) in [5.74, 6) is 1.52. The predicted molar refractivity (Wildman–Crippen MR) is 106 cm³/mol. The summed E-state index contributed by atoms with van der Waals surface area (Å²) < 4.78 is 5.05. The Morgan fingerprint density at radius 2 is 2.00 bits per heavy atom. The molecule has 27 heavy (non-hydrogen) atoms. The molecule has 1 saturated carbocycles. The third-order valence-electron chi connectivity index (χ3n) is 5.66. The van der Waals surface area contributed by atoms with E-state index in [9.17, 15) is 4.79 Å². The highest BCUT2D eigenvalue weighted by atomic mass is 16.5. The third-order valence-corrected chi connectivity index (χ3v) is 5.66. The SMILES string of the molecule is CCC(NC(=O)c1ccc(OC)nc1)[C@H]1CC[C@@H](c2cc(C)ccn2)CC1. The zero-order valence-electron chi connectivity index (χ0n) is 16.4. The number of methoxy groups -OCH3 is 1. The maximum absolute atomic E-state index is 12.6. The molecule has 144 valence electrons. The number of ether oxygens (including phenoxy) is 1. The van der Waals surface area contributed by atoms with E-state index in [1.165, 1.54) is 11.3 Å². The van der Waals surface area contributed by atoms with Gasteiger partial charge in [-0.25, -0.2) is 4.98 Å². The van der Waals surface area contributed by atoms with E-state index >= 15 is 0 Å². The van der Waals surface area contributed by atoms with Gasteiger partial charge in [-0.2, -0.15) is 0 Å². The normalized spacial score (nSPS) is 20.7. The molecule has 3 rings (SSSR count). The van der Waals surface area contributed by atoms with Gasteiger partial charge >= 0.3 is 0 Å². The second-order valence-corrected chi connectivity index (χ2v) is 7.45. The van der Waals surface area contributed by atoms with Gasteiger partial charge in [-0.3, -0.25) is 9.78 Å². The van der Waals surface area contributed by atoms with Gasteiger partial charge in [0.05, 0.1) is 12.7 Å². The summed E-state index contributed by atoms with van der Waals surface area (Å²) in [7, 11) is 1.57. The molecule has 0 radical (unpaired) electrons. The first-order valence-electron chi connectivity index (χ1n) is 9.84. The van der Waals surface area contributed by atoms with Crippen LogP contribution in [0.5, 0.6) is 5.88 Å². The lowest BCUT2D eigenvalue weighted by Crippen LogP contribution is -2.41. The number of nitrogens with one attached hydrogen (secondary N) is 1. The van der Waals surface area contributed by atoms with Crippen molar-refractivity contribution in [1.82, 2.24) is 15.3 Å². The second-order valence-electron chi connectivity index (χ2n) is 7.45. The predicted octanol–water partition coefficient (Wildman–Crippen LogP) is 4.28. The van der Waals surface area contributed by atoms with E-state index in [1.807, 2.05) is 12.3 Å². The molecule has 2 aromatic rings. The van der Waals surface area contributed by atoms with Gasteiger partial charge in [-0.1, -0.05) is 6.92 Å². The van der Waals surface area contributed by atoms with Crippen molar-refractivity contribution in [2.45, 2.75) is 57.9 Å². The number of amides is 1. The number of hydrogen-bond acceptors (Lipinski definition) is 4. The van der Waals surface area contributed by atoms with Gasteiger partial charge in [-0.05, 0) is 68.7 Å². The Morgan fingerprint density at radius 1 is 1.22 bits per heavy atom. The maximum Gasteiger partial charge on any atom is 0.253 e. The molecule has 1 aliphatic carbocycles. The van der Waals surface area contributed by atoms with Crippen molar-refractivity contribution in [2.24, 2.45) is 5.92 Å². The molecule has 1 amide bonds. The van der Waals surface area contributed by atoms with Crippen LogP contribution in [0, 0.1) is 12.8 Å². The zero-order chi connectivity index (χ0) is 19.2. The van der Waals surface area contributed by atoms with Gasteiger partial charge in [0.25, 0.3) is 5.91 Å².